The predicted octanol–water partition coefficient (Wildman–Crippen LogP) is 6.11. The average Bonchev–Trinajstić information content (AvgIpc) is 2.65. The molecular weight excluding hydrogens is 446 g/mol. The normalized spacial score (nSPS) is 11.6. The second-order valence-corrected chi connectivity index (χ2v) is 8.97. The SMILES string of the molecule is O=S(=O)(/C=C/c1cccc(Br)c1)N(Cc1ccccc1)c1cccc(Cl)c1. The number of rotatable bonds is 6. The molecular formula is C21H17BrClNO2S. The van der Waals surface area contributed by atoms with Crippen LogP contribution in [0.15, 0.2) is 88.7 Å². The minimum absolute atomic E-state index is 0.215. The van der Waals surface area contributed by atoms with E-state index in [1.807, 2.05) is 54.6 Å². The van der Waals surface area contributed by atoms with Crippen LogP contribution >= 0.6 is 27.5 Å². The molecule has 0 fully saturated rings. The van der Waals surface area contributed by atoms with E-state index in [4.69, 9.17) is 11.6 Å². The third-order valence-electron chi connectivity index (χ3n) is 3.85. The maximum Gasteiger partial charge on any atom is 0.257 e. The second kappa shape index (κ2) is 8.74. The lowest BCUT2D eigenvalue weighted by molar-refractivity contribution is 0.599. The first kappa shape index (κ1) is 19.7. The van der Waals surface area contributed by atoms with Crippen LogP contribution in [0.3, 0.4) is 0 Å². The number of sulfonamides is 1. The largest absolute Gasteiger partial charge is 0.262 e. The summed E-state index contributed by atoms with van der Waals surface area (Å²) in [5, 5.41) is 1.70. The third kappa shape index (κ3) is 5.45. The second-order valence-electron chi connectivity index (χ2n) is 5.87. The van der Waals surface area contributed by atoms with E-state index in [-0.39, 0.29) is 6.54 Å². The highest BCUT2D eigenvalue weighted by Crippen LogP contribution is 2.25. The third-order valence-corrected chi connectivity index (χ3v) is 6.02. The summed E-state index contributed by atoms with van der Waals surface area (Å²) in [5.41, 5.74) is 2.20. The smallest absolute Gasteiger partial charge is 0.257 e. The van der Waals surface area contributed by atoms with Gasteiger partial charge in [-0.2, -0.15) is 0 Å². The molecule has 0 aliphatic rings. The molecule has 0 aromatic heterocycles. The van der Waals surface area contributed by atoms with Crippen molar-refractivity contribution in [2.75, 3.05) is 4.31 Å². The lowest BCUT2D eigenvalue weighted by atomic mass is 10.2. The molecule has 0 N–H and O–H groups in total. The minimum Gasteiger partial charge on any atom is -0.262 e. The summed E-state index contributed by atoms with van der Waals surface area (Å²) in [6.07, 6.45) is 1.59. The first-order valence-corrected chi connectivity index (χ1v) is 10.9. The summed E-state index contributed by atoms with van der Waals surface area (Å²) in [7, 11) is -3.72. The summed E-state index contributed by atoms with van der Waals surface area (Å²) in [4.78, 5) is 0. The van der Waals surface area contributed by atoms with Gasteiger partial charge in [0.1, 0.15) is 0 Å². The van der Waals surface area contributed by atoms with Gasteiger partial charge in [0, 0.05) is 9.50 Å². The fraction of sp³-hybridized carbons (Fsp3) is 0.0476. The zero-order chi connectivity index (χ0) is 19.3. The van der Waals surface area contributed by atoms with Crippen LogP contribution in [0.1, 0.15) is 11.1 Å². The highest BCUT2D eigenvalue weighted by Gasteiger charge is 2.20. The van der Waals surface area contributed by atoms with Gasteiger partial charge in [0.05, 0.1) is 17.6 Å². The maximum absolute atomic E-state index is 13.1. The van der Waals surface area contributed by atoms with E-state index in [9.17, 15) is 8.42 Å². The van der Waals surface area contributed by atoms with Gasteiger partial charge in [-0.25, -0.2) is 8.42 Å². The van der Waals surface area contributed by atoms with Crippen LogP contribution in [-0.2, 0) is 16.6 Å². The van der Waals surface area contributed by atoms with Crippen LogP contribution < -0.4 is 4.31 Å². The highest BCUT2D eigenvalue weighted by atomic mass is 79.9. The van der Waals surface area contributed by atoms with E-state index in [2.05, 4.69) is 15.9 Å². The lowest BCUT2D eigenvalue weighted by Crippen LogP contribution is -2.28. The molecule has 138 valence electrons. The van der Waals surface area contributed by atoms with Gasteiger partial charge in [-0.1, -0.05) is 76.1 Å². The quantitative estimate of drug-likeness (QED) is 0.443. The molecule has 0 unspecified atom stereocenters. The van der Waals surface area contributed by atoms with Crippen LogP contribution in [0.5, 0.6) is 0 Å². The lowest BCUT2D eigenvalue weighted by Gasteiger charge is -2.23. The molecule has 0 saturated carbocycles. The zero-order valence-electron chi connectivity index (χ0n) is 14.3. The van der Waals surface area contributed by atoms with Gasteiger partial charge in [0.2, 0.25) is 0 Å². The van der Waals surface area contributed by atoms with E-state index in [0.29, 0.717) is 10.7 Å². The van der Waals surface area contributed by atoms with Gasteiger partial charge in [-0.05, 0) is 47.5 Å². The van der Waals surface area contributed by atoms with Crippen LogP contribution in [0.4, 0.5) is 5.69 Å². The molecule has 0 heterocycles. The summed E-state index contributed by atoms with van der Waals surface area (Å²) in [6.45, 7) is 0.215. The van der Waals surface area contributed by atoms with E-state index < -0.39 is 10.0 Å². The van der Waals surface area contributed by atoms with Crippen LogP contribution in [0, 0.1) is 0 Å². The van der Waals surface area contributed by atoms with Crippen molar-refractivity contribution < 1.29 is 8.42 Å². The van der Waals surface area contributed by atoms with Crippen molar-refractivity contribution in [2.24, 2.45) is 0 Å². The molecule has 6 heteroatoms. The Kier molecular flexibility index (Phi) is 6.37. The van der Waals surface area contributed by atoms with Crippen LogP contribution in [-0.4, -0.2) is 8.42 Å². The van der Waals surface area contributed by atoms with Crippen molar-refractivity contribution in [1.29, 1.82) is 0 Å². The Balaban J connectivity index is 1.97. The first-order chi connectivity index (χ1) is 12.9. The number of halogens is 2. The van der Waals surface area contributed by atoms with Gasteiger partial charge in [0.15, 0.2) is 0 Å². The molecule has 3 rings (SSSR count). The van der Waals surface area contributed by atoms with Crippen molar-refractivity contribution in [2.45, 2.75) is 6.54 Å². The molecule has 0 aliphatic heterocycles. The molecule has 0 spiro atoms. The molecule has 0 saturated heterocycles. The Bertz CT molecular complexity index is 1050. The van der Waals surface area contributed by atoms with E-state index >= 15 is 0 Å². The Morgan fingerprint density at radius 2 is 1.67 bits per heavy atom. The number of nitrogens with zero attached hydrogens (tertiary/aromatic N) is 1. The fourth-order valence-corrected chi connectivity index (χ4v) is 4.37. The Hall–Kier alpha value is -2.08. The molecule has 3 aromatic rings. The van der Waals surface area contributed by atoms with E-state index in [1.54, 1.807) is 30.3 Å². The molecule has 27 heavy (non-hydrogen) atoms. The molecule has 0 radical (unpaired) electrons. The standard InChI is InChI=1S/C21H17BrClNO2S/c22-19-9-4-8-17(14-19)12-13-27(25,26)24(16-18-6-2-1-3-7-18)21-11-5-10-20(23)15-21/h1-15H,16H2/b13-12+. The van der Waals surface area contributed by atoms with Crippen molar-refractivity contribution in [1.82, 2.24) is 0 Å². The first-order valence-electron chi connectivity index (χ1n) is 8.20. The van der Waals surface area contributed by atoms with Crippen LogP contribution in [0.25, 0.3) is 6.08 Å². The monoisotopic (exact) mass is 461 g/mol. The number of hydrogen-bond acceptors (Lipinski definition) is 2. The van der Waals surface area contributed by atoms with Gasteiger partial charge < -0.3 is 0 Å². The Labute approximate surface area is 173 Å². The van der Waals surface area contributed by atoms with E-state index in [0.717, 1.165) is 15.6 Å². The summed E-state index contributed by atoms with van der Waals surface area (Å²) in [6, 6.07) is 23.7. The van der Waals surface area contributed by atoms with Crippen molar-refractivity contribution in [3.05, 3.63) is 105 Å². The van der Waals surface area contributed by atoms with E-state index in [1.165, 1.54) is 9.71 Å². The van der Waals surface area contributed by atoms with Gasteiger partial charge in [-0.15, -0.1) is 0 Å². The summed E-state index contributed by atoms with van der Waals surface area (Å²) >= 11 is 9.48. The van der Waals surface area contributed by atoms with Crippen molar-refractivity contribution in [3.8, 4) is 0 Å². The number of benzene rings is 3. The fourth-order valence-electron chi connectivity index (χ4n) is 2.56. The molecule has 0 amide bonds. The molecule has 0 aliphatic carbocycles. The molecule has 0 bridgehead atoms. The number of anilines is 1. The average molecular weight is 463 g/mol. The molecule has 3 nitrogen and oxygen atoms in total. The summed E-state index contributed by atoms with van der Waals surface area (Å²) < 4.78 is 28.4. The zero-order valence-corrected chi connectivity index (χ0v) is 17.5. The Morgan fingerprint density at radius 3 is 2.37 bits per heavy atom. The topological polar surface area (TPSA) is 37.4 Å². The summed E-state index contributed by atoms with van der Waals surface area (Å²) in [5.74, 6) is 0. The van der Waals surface area contributed by atoms with Crippen LogP contribution in [0.2, 0.25) is 5.02 Å². The van der Waals surface area contributed by atoms with Gasteiger partial charge in [-0.3, -0.25) is 4.31 Å². The maximum atomic E-state index is 13.1. The van der Waals surface area contributed by atoms with Gasteiger partial charge >= 0.3 is 0 Å². The van der Waals surface area contributed by atoms with Crippen molar-refractivity contribution >= 4 is 49.3 Å². The molecule has 3 aromatic carbocycles. The predicted molar refractivity (Wildman–Crippen MR) is 116 cm³/mol. The highest BCUT2D eigenvalue weighted by molar-refractivity contribution is 9.10. The minimum atomic E-state index is -3.72. The van der Waals surface area contributed by atoms with Gasteiger partial charge in [0.25, 0.3) is 10.0 Å². The molecule has 0 atom stereocenters. The number of hydrogen-bond donors (Lipinski definition) is 0. The Morgan fingerprint density at radius 1 is 0.926 bits per heavy atom. The van der Waals surface area contributed by atoms with Crippen molar-refractivity contribution in [3.63, 3.8) is 0 Å².